The minimum Gasteiger partial charge on any atom is -0.417 e. The van der Waals surface area contributed by atoms with Gasteiger partial charge in [0.05, 0.1) is 0 Å². The highest BCUT2D eigenvalue weighted by Crippen LogP contribution is 2.32. The molecule has 1 saturated heterocycles. The van der Waals surface area contributed by atoms with Gasteiger partial charge in [-0.15, -0.1) is 0 Å². The van der Waals surface area contributed by atoms with Gasteiger partial charge in [0.1, 0.15) is 0 Å². The molecule has 0 saturated carbocycles. The molecular weight excluding hydrogens is 329 g/mol. The Balaban J connectivity index is 2.06. The van der Waals surface area contributed by atoms with Crippen LogP contribution in [0.2, 0.25) is 0 Å². The summed E-state index contributed by atoms with van der Waals surface area (Å²) in [6.07, 6.45) is 5.45. The summed E-state index contributed by atoms with van der Waals surface area (Å²) in [5.41, 5.74) is 5.14. The standard InChI is InChI=1S/C24H30BNO/c1-19(2)26(20(3)4)25-24(17-18-27-25)23(22-13-9-6-10-14-22)16-15-21-11-7-5-8-12-21/h5-16,19-20H,17-18H2,1-4H3/b16-15+,24-23+. The second kappa shape index (κ2) is 9.21. The van der Waals surface area contributed by atoms with Crippen LogP contribution in [0.5, 0.6) is 0 Å². The van der Waals surface area contributed by atoms with Gasteiger partial charge in [0.15, 0.2) is 0 Å². The van der Waals surface area contributed by atoms with Crippen molar-refractivity contribution < 1.29 is 4.65 Å². The average molecular weight is 359 g/mol. The summed E-state index contributed by atoms with van der Waals surface area (Å²) < 4.78 is 6.24. The number of allylic oxidation sites excluding steroid dienone is 2. The average Bonchev–Trinajstić information content (AvgIpc) is 3.12. The molecule has 0 radical (unpaired) electrons. The first-order valence-corrected chi connectivity index (χ1v) is 9.98. The summed E-state index contributed by atoms with van der Waals surface area (Å²) in [6.45, 7) is 9.79. The van der Waals surface area contributed by atoms with E-state index in [1.54, 1.807) is 0 Å². The molecule has 0 bridgehead atoms. The van der Waals surface area contributed by atoms with Crippen LogP contribution in [0.15, 0.2) is 72.2 Å². The smallest absolute Gasteiger partial charge is 0.415 e. The molecule has 1 heterocycles. The van der Waals surface area contributed by atoms with Crippen LogP contribution in [-0.4, -0.2) is 30.6 Å². The van der Waals surface area contributed by atoms with Gasteiger partial charge in [-0.1, -0.05) is 101 Å². The Morgan fingerprint density at radius 2 is 1.52 bits per heavy atom. The van der Waals surface area contributed by atoms with Gasteiger partial charge in [-0.3, -0.25) is 0 Å². The minimum atomic E-state index is 0.0422. The number of rotatable bonds is 6. The first-order chi connectivity index (χ1) is 13.1. The Labute approximate surface area is 164 Å². The van der Waals surface area contributed by atoms with E-state index >= 15 is 0 Å². The van der Waals surface area contributed by atoms with Crippen LogP contribution in [0.3, 0.4) is 0 Å². The molecule has 3 rings (SSSR count). The Morgan fingerprint density at radius 3 is 2.11 bits per heavy atom. The molecule has 0 spiro atoms. The fourth-order valence-corrected chi connectivity index (χ4v) is 3.93. The third kappa shape index (κ3) is 4.80. The van der Waals surface area contributed by atoms with Crippen molar-refractivity contribution >= 4 is 18.7 Å². The Hall–Kier alpha value is -2.10. The van der Waals surface area contributed by atoms with Crippen molar-refractivity contribution in [2.45, 2.75) is 46.2 Å². The predicted molar refractivity (Wildman–Crippen MR) is 117 cm³/mol. The summed E-state index contributed by atoms with van der Waals surface area (Å²) in [7, 11) is 0.0422. The molecule has 1 aliphatic rings. The molecule has 140 valence electrons. The SMILES string of the molecule is CC(C)N(B1OCC/C1=C(/C=C/c1ccccc1)c1ccccc1)C(C)C. The van der Waals surface area contributed by atoms with E-state index in [0.29, 0.717) is 12.1 Å². The van der Waals surface area contributed by atoms with E-state index in [4.69, 9.17) is 4.65 Å². The maximum atomic E-state index is 6.24. The fraction of sp³-hybridized carbons (Fsp3) is 0.333. The molecule has 0 aromatic heterocycles. The first-order valence-electron chi connectivity index (χ1n) is 9.98. The van der Waals surface area contributed by atoms with Crippen LogP contribution in [0.1, 0.15) is 45.2 Å². The normalized spacial score (nSPS) is 16.9. The van der Waals surface area contributed by atoms with Gasteiger partial charge in [0, 0.05) is 6.61 Å². The molecule has 1 aliphatic heterocycles. The van der Waals surface area contributed by atoms with E-state index in [1.165, 1.54) is 22.2 Å². The molecule has 0 unspecified atom stereocenters. The van der Waals surface area contributed by atoms with E-state index in [9.17, 15) is 0 Å². The molecule has 2 aromatic carbocycles. The molecule has 2 aromatic rings. The lowest BCUT2D eigenvalue weighted by molar-refractivity contribution is 0.236. The van der Waals surface area contributed by atoms with Crippen molar-refractivity contribution in [3.8, 4) is 0 Å². The molecule has 1 fully saturated rings. The van der Waals surface area contributed by atoms with Gasteiger partial charge >= 0.3 is 7.05 Å². The van der Waals surface area contributed by atoms with Crippen LogP contribution in [0.4, 0.5) is 0 Å². The summed E-state index contributed by atoms with van der Waals surface area (Å²) >= 11 is 0. The molecule has 0 N–H and O–H groups in total. The third-order valence-electron chi connectivity index (χ3n) is 5.08. The zero-order chi connectivity index (χ0) is 19.2. The number of benzene rings is 2. The molecule has 0 amide bonds. The van der Waals surface area contributed by atoms with Gasteiger partial charge in [-0.05, 0) is 40.7 Å². The molecule has 3 heteroatoms. The van der Waals surface area contributed by atoms with Crippen LogP contribution in [0.25, 0.3) is 11.6 Å². The zero-order valence-electron chi connectivity index (χ0n) is 16.9. The highest BCUT2D eigenvalue weighted by Gasteiger charge is 2.38. The van der Waals surface area contributed by atoms with E-state index in [-0.39, 0.29) is 7.05 Å². The summed E-state index contributed by atoms with van der Waals surface area (Å²) in [6, 6.07) is 22.0. The highest BCUT2D eigenvalue weighted by molar-refractivity contribution is 6.60. The van der Waals surface area contributed by atoms with Crippen molar-refractivity contribution in [1.82, 2.24) is 4.81 Å². The minimum absolute atomic E-state index is 0.0422. The second-order valence-corrected chi connectivity index (χ2v) is 7.66. The number of nitrogens with zero attached hydrogens (tertiary/aromatic N) is 1. The van der Waals surface area contributed by atoms with Gasteiger partial charge < -0.3 is 9.47 Å². The Morgan fingerprint density at radius 1 is 0.926 bits per heavy atom. The molecule has 2 nitrogen and oxygen atoms in total. The topological polar surface area (TPSA) is 12.5 Å². The van der Waals surface area contributed by atoms with E-state index in [0.717, 1.165) is 13.0 Å². The van der Waals surface area contributed by atoms with Gasteiger partial charge in [-0.25, -0.2) is 0 Å². The van der Waals surface area contributed by atoms with E-state index < -0.39 is 0 Å². The van der Waals surface area contributed by atoms with E-state index in [1.807, 2.05) is 0 Å². The van der Waals surface area contributed by atoms with Gasteiger partial charge in [-0.2, -0.15) is 0 Å². The maximum absolute atomic E-state index is 6.24. The number of hydrogen-bond acceptors (Lipinski definition) is 2. The number of hydrogen-bond donors (Lipinski definition) is 0. The lowest BCUT2D eigenvalue weighted by atomic mass is 9.66. The third-order valence-corrected chi connectivity index (χ3v) is 5.08. The summed E-state index contributed by atoms with van der Waals surface area (Å²) in [5.74, 6) is 0. The molecule has 0 aliphatic carbocycles. The maximum Gasteiger partial charge on any atom is 0.415 e. The lowest BCUT2D eigenvalue weighted by Crippen LogP contribution is -2.49. The van der Waals surface area contributed by atoms with Crippen molar-refractivity contribution in [1.29, 1.82) is 0 Å². The second-order valence-electron chi connectivity index (χ2n) is 7.66. The largest absolute Gasteiger partial charge is 0.417 e. The molecule has 0 atom stereocenters. The Bertz CT molecular complexity index is 773. The lowest BCUT2D eigenvalue weighted by Gasteiger charge is -2.34. The van der Waals surface area contributed by atoms with Crippen LogP contribution >= 0.6 is 0 Å². The van der Waals surface area contributed by atoms with Crippen LogP contribution in [-0.2, 0) is 4.65 Å². The zero-order valence-corrected chi connectivity index (χ0v) is 16.9. The monoisotopic (exact) mass is 359 g/mol. The molecular formula is C24H30BNO. The summed E-state index contributed by atoms with van der Waals surface area (Å²) in [4.78, 5) is 2.47. The fourth-order valence-electron chi connectivity index (χ4n) is 3.93. The summed E-state index contributed by atoms with van der Waals surface area (Å²) in [5, 5.41) is 0. The van der Waals surface area contributed by atoms with Crippen molar-refractivity contribution in [3.63, 3.8) is 0 Å². The van der Waals surface area contributed by atoms with E-state index in [2.05, 4.69) is 105 Å². The van der Waals surface area contributed by atoms with Crippen molar-refractivity contribution in [2.24, 2.45) is 0 Å². The van der Waals surface area contributed by atoms with Gasteiger partial charge in [0.25, 0.3) is 0 Å². The Kier molecular flexibility index (Phi) is 6.71. The first kappa shape index (κ1) is 19.7. The highest BCUT2D eigenvalue weighted by atomic mass is 16.4. The van der Waals surface area contributed by atoms with Crippen LogP contribution in [0, 0.1) is 0 Å². The van der Waals surface area contributed by atoms with Crippen molar-refractivity contribution in [2.75, 3.05) is 6.61 Å². The van der Waals surface area contributed by atoms with Gasteiger partial charge in [0.2, 0.25) is 0 Å². The predicted octanol–water partition coefficient (Wildman–Crippen LogP) is 5.72. The van der Waals surface area contributed by atoms with Crippen molar-refractivity contribution in [3.05, 3.63) is 83.3 Å². The van der Waals surface area contributed by atoms with Crippen LogP contribution < -0.4 is 0 Å². The molecule has 27 heavy (non-hydrogen) atoms. The quantitative estimate of drug-likeness (QED) is 0.612.